The number of nitrogens with one attached hydrogen (secondary N) is 1. The number of aromatic nitrogens is 5. The average molecular weight is 481 g/mol. The van der Waals surface area contributed by atoms with Gasteiger partial charge in [0.1, 0.15) is 5.56 Å². The van der Waals surface area contributed by atoms with E-state index in [2.05, 4.69) is 20.5 Å². The number of hydrogen-bond donors (Lipinski definition) is 1. The molecular formula is C27H24N6O3. The number of para-hydroxylation sites is 1. The van der Waals surface area contributed by atoms with Crippen molar-refractivity contribution in [3.05, 3.63) is 95.6 Å². The average Bonchev–Trinajstić information content (AvgIpc) is 3.45. The summed E-state index contributed by atoms with van der Waals surface area (Å²) in [7, 11) is 0. The van der Waals surface area contributed by atoms with Crippen LogP contribution in [0.2, 0.25) is 0 Å². The molecule has 0 aliphatic carbocycles. The second-order valence-electron chi connectivity index (χ2n) is 8.17. The van der Waals surface area contributed by atoms with Crippen LogP contribution in [0, 0.1) is 13.8 Å². The third-order valence-corrected chi connectivity index (χ3v) is 5.83. The number of fused-ring (bicyclic) bond motifs is 1. The SMILES string of the molecule is CCOC(=O)c1cnn2c(-c3cccc(NC(=O)c4c(C)nn(-c5ccccc5)c4C)c3)ccnc12. The van der Waals surface area contributed by atoms with Gasteiger partial charge in [0.2, 0.25) is 0 Å². The van der Waals surface area contributed by atoms with Crippen LogP contribution in [0.5, 0.6) is 0 Å². The lowest BCUT2D eigenvalue weighted by Gasteiger charge is -2.10. The van der Waals surface area contributed by atoms with E-state index in [1.807, 2.05) is 68.4 Å². The fraction of sp³-hybridized carbons (Fsp3) is 0.148. The normalized spacial score (nSPS) is 11.0. The van der Waals surface area contributed by atoms with E-state index < -0.39 is 5.97 Å². The van der Waals surface area contributed by atoms with Crippen LogP contribution in [0.15, 0.2) is 73.1 Å². The summed E-state index contributed by atoms with van der Waals surface area (Å²) in [4.78, 5) is 29.8. The largest absolute Gasteiger partial charge is 0.462 e. The number of carbonyl (C=O) groups excluding carboxylic acids is 2. The molecule has 1 N–H and O–H groups in total. The van der Waals surface area contributed by atoms with Crippen LogP contribution in [-0.4, -0.2) is 42.9 Å². The van der Waals surface area contributed by atoms with Gasteiger partial charge in [0, 0.05) is 17.4 Å². The van der Waals surface area contributed by atoms with Gasteiger partial charge < -0.3 is 10.1 Å². The van der Waals surface area contributed by atoms with Crippen LogP contribution < -0.4 is 5.32 Å². The van der Waals surface area contributed by atoms with E-state index in [-0.39, 0.29) is 12.5 Å². The third kappa shape index (κ3) is 4.11. The quantitative estimate of drug-likeness (QED) is 0.356. The molecule has 0 spiro atoms. The van der Waals surface area contributed by atoms with E-state index >= 15 is 0 Å². The number of nitrogens with zero attached hydrogens (tertiary/aromatic N) is 5. The van der Waals surface area contributed by atoms with Crippen LogP contribution in [0.25, 0.3) is 22.6 Å². The van der Waals surface area contributed by atoms with Crippen LogP contribution >= 0.6 is 0 Å². The molecule has 9 nitrogen and oxygen atoms in total. The molecule has 0 saturated heterocycles. The van der Waals surface area contributed by atoms with Crippen molar-refractivity contribution in [1.82, 2.24) is 24.4 Å². The molecule has 180 valence electrons. The molecule has 3 aromatic heterocycles. The number of benzene rings is 2. The number of hydrogen-bond acceptors (Lipinski definition) is 6. The molecule has 0 atom stereocenters. The summed E-state index contributed by atoms with van der Waals surface area (Å²) >= 11 is 0. The molecule has 2 aromatic carbocycles. The maximum Gasteiger partial charge on any atom is 0.343 e. The van der Waals surface area contributed by atoms with Gasteiger partial charge in [-0.05, 0) is 51.1 Å². The Morgan fingerprint density at radius 2 is 1.83 bits per heavy atom. The number of carbonyl (C=O) groups is 2. The minimum absolute atomic E-state index is 0.243. The van der Waals surface area contributed by atoms with Crippen molar-refractivity contribution in [1.29, 1.82) is 0 Å². The van der Waals surface area contributed by atoms with E-state index in [0.717, 1.165) is 22.6 Å². The number of rotatable bonds is 6. The molecule has 0 fully saturated rings. The smallest absolute Gasteiger partial charge is 0.343 e. The van der Waals surface area contributed by atoms with Gasteiger partial charge in [-0.15, -0.1) is 0 Å². The molecule has 0 bridgehead atoms. The minimum Gasteiger partial charge on any atom is -0.462 e. The van der Waals surface area contributed by atoms with E-state index in [4.69, 9.17) is 4.74 Å². The molecule has 0 aliphatic rings. The number of esters is 1. The van der Waals surface area contributed by atoms with E-state index in [1.54, 1.807) is 28.4 Å². The Hall–Kier alpha value is -4.79. The van der Waals surface area contributed by atoms with Gasteiger partial charge in [0.05, 0.1) is 41.1 Å². The van der Waals surface area contributed by atoms with Gasteiger partial charge in [-0.2, -0.15) is 10.2 Å². The summed E-state index contributed by atoms with van der Waals surface area (Å²) in [6, 6.07) is 18.9. The predicted molar refractivity (Wildman–Crippen MR) is 135 cm³/mol. The van der Waals surface area contributed by atoms with E-state index in [9.17, 15) is 9.59 Å². The third-order valence-electron chi connectivity index (χ3n) is 5.83. The van der Waals surface area contributed by atoms with Crippen LogP contribution in [0.3, 0.4) is 0 Å². The lowest BCUT2D eigenvalue weighted by molar-refractivity contribution is 0.0528. The highest BCUT2D eigenvalue weighted by Crippen LogP contribution is 2.25. The van der Waals surface area contributed by atoms with Gasteiger partial charge in [-0.1, -0.05) is 30.3 Å². The number of anilines is 1. The first-order chi connectivity index (χ1) is 17.5. The van der Waals surface area contributed by atoms with Crippen LogP contribution in [0.4, 0.5) is 5.69 Å². The number of aryl methyl sites for hydroxylation is 1. The zero-order chi connectivity index (χ0) is 25.2. The monoisotopic (exact) mass is 480 g/mol. The first-order valence-corrected chi connectivity index (χ1v) is 11.5. The molecule has 36 heavy (non-hydrogen) atoms. The lowest BCUT2D eigenvalue weighted by atomic mass is 10.1. The molecule has 0 radical (unpaired) electrons. The fourth-order valence-electron chi connectivity index (χ4n) is 4.20. The Kier molecular flexibility index (Phi) is 6.03. The van der Waals surface area contributed by atoms with Crippen molar-refractivity contribution in [2.24, 2.45) is 0 Å². The van der Waals surface area contributed by atoms with Gasteiger partial charge in [-0.3, -0.25) is 4.79 Å². The Morgan fingerprint density at radius 3 is 2.61 bits per heavy atom. The van der Waals surface area contributed by atoms with Crippen molar-refractivity contribution >= 4 is 23.2 Å². The zero-order valence-electron chi connectivity index (χ0n) is 20.1. The molecule has 5 rings (SSSR count). The Labute approximate surface area is 207 Å². The van der Waals surface area contributed by atoms with Gasteiger partial charge in [0.25, 0.3) is 5.91 Å². The first-order valence-electron chi connectivity index (χ1n) is 11.5. The predicted octanol–water partition coefficient (Wildman–Crippen LogP) is 4.63. The van der Waals surface area contributed by atoms with Gasteiger partial charge in [-0.25, -0.2) is 19.0 Å². The second-order valence-corrected chi connectivity index (χ2v) is 8.17. The van der Waals surface area contributed by atoms with Crippen molar-refractivity contribution in [3.63, 3.8) is 0 Å². The molecule has 9 heteroatoms. The second kappa shape index (κ2) is 9.46. The number of ether oxygens (including phenoxy) is 1. The summed E-state index contributed by atoms with van der Waals surface area (Å²) in [6.45, 7) is 5.72. The summed E-state index contributed by atoms with van der Waals surface area (Å²) in [6.07, 6.45) is 3.07. The van der Waals surface area contributed by atoms with Gasteiger partial charge in [0.15, 0.2) is 5.65 Å². The molecule has 0 saturated carbocycles. The molecule has 0 unspecified atom stereocenters. The van der Waals surface area contributed by atoms with E-state index in [0.29, 0.717) is 28.2 Å². The van der Waals surface area contributed by atoms with Gasteiger partial charge >= 0.3 is 5.97 Å². The highest BCUT2D eigenvalue weighted by molar-refractivity contribution is 6.06. The van der Waals surface area contributed by atoms with Crippen LogP contribution in [0.1, 0.15) is 39.0 Å². The fourth-order valence-corrected chi connectivity index (χ4v) is 4.20. The summed E-state index contributed by atoms with van der Waals surface area (Å²) in [5.74, 6) is -0.715. The van der Waals surface area contributed by atoms with Crippen molar-refractivity contribution in [3.8, 4) is 16.9 Å². The zero-order valence-corrected chi connectivity index (χ0v) is 20.1. The van der Waals surface area contributed by atoms with E-state index in [1.165, 1.54) is 6.20 Å². The highest BCUT2D eigenvalue weighted by atomic mass is 16.5. The van der Waals surface area contributed by atoms with Crippen molar-refractivity contribution < 1.29 is 14.3 Å². The maximum absolute atomic E-state index is 13.3. The Balaban J connectivity index is 1.45. The number of amides is 1. The van der Waals surface area contributed by atoms with Crippen LogP contribution in [-0.2, 0) is 4.74 Å². The molecule has 5 aromatic rings. The van der Waals surface area contributed by atoms with Crippen molar-refractivity contribution in [2.45, 2.75) is 20.8 Å². The molecule has 0 aliphatic heterocycles. The Morgan fingerprint density at radius 1 is 1.03 bits per heavy atom. The Bertz CT molecular complexity index is 1590. The lowest BCUT2D eigenvalue weighted by Crippen LogP contribution is -2.14. The maximum atomic E-state index is 13.3. The topological polar surface area (TPSA) is 103 Å². The minimum atomic E-state index is -0.472. The molecule has 3 heterocycles. The summed E-state index contributed by atoms with van der Waals surface area (Å²) in [5, 5.41) is 11.9. The summed E-state index contributed by atoms with van der Waals surface area (Å²) < 4.78 is 8.47. The summed E-state index contributed by atoms with van der Waals surface area (Å²) in [5.41, 5.74) is 5.65. The molecular weight excluding hydrogens is 456 g/mol. The molecule has 1 amide bonds. The first kappa shape index (κ1) is 23.0. The highest BCUT2D eigenvalue weighted by Gasteiger charge is 2.20. The standard InChI is InChI=1S/C27H24N6O3/c1-4-36-27(35)22-16-29-33-23(13-14-28-25(22)33)19-9-8-10-20(15-19)30-26(34)24-17(2)31-32(18(24)3)21-11-6-5-7-12-21/h5-16H,4H2,1-3H3,(H,30,34). The van der Waals surface area contributed by atoms with Crippen molar-refractivity contribution in [2.75, 3.05) is 11.9 Å².